The van der Waals surface area contributed by atoms with Crippen molar-refractivity contribution in [2.24, 2.45) is 5.10 Å². The fourth-order valence-corrected chi connectivity index (χ4v) is 4.82. The Balaban J connectivity index is 1.69. The molecule has 1 unspecified atom stereocenters. The summed E-state index contributed by atoms with van der Waals surface area (Å²) < 4.78 is 11.3. The summed E-state index contributed by atoms with van der Waals surface area (Å²) in [4.78, 5) is 22.1. The van der Waals surface area contributed by atoms with Crippen LogP contribution in [0.15, 0.2) is 59.2 Å². The zero-order valence-corrected chi connectivity index (χ0v) is 23.6. The molecule has 1 aliphatic rings. The van der Waals surface area contributed by atoms with Gasteiger partial charge >= 0.3 is 0 Å². The summed E-state index contributed by atoms with van der Waals surface area (Å²) in [5.74, 6) is 1.30. The minimum absolute atomic E-state index is 0.161. The number of nitrogens with two attached hydrogens (primary N) is 2. The van der Waals surface area contributed by atoms with Gasteiger partial charge in [0, 0.05) is 29.2 Å². The highest BCUT2D eigenvalue weighted by Crippen LogP contribution is 2.36. The van der Waals surface area contributed by atoms with Gasteiger partial charge < -0.3 is 20.9 Å². The van der Waals surface area contributed by atoms with E-state index < -0.39 is 0 Å². The summed E-state index contributed by atoms with van der Waals surface area (Å²) in [7, 11) is 3.14. The van der Waals surface area contributed by atoms with Crippen LogP contribution in [-0.4, -0.2) is 41.3 Å². The third kappa shape index (κ3) is 6.14. The van der Waals surface area contributed by atoms with E-state index in [2.05, 4.69) is 22.0 Å². The number of allylic oxidation sites excluding steroid dienone is 1. The lowest BCUT2D eigenvalue weighted by atomic mass is 9.97. The predicted molar refractivity (Wildman–Crippen MR) is 159 cm³/mol. The highest BCUT2D eigenvalue weighted by Gasteiger charge is 2.26. The number of nitrogens with zero attached hydrogens (tertiary/aromatic N) is 4. The van der Waals surface area contributed by atoms with Crippen molar-refractivity contribution in [3.63, 3.8) is 0 Å². The molecule has 9 heteroatoms. The number of hydrogen-bond acceptors (Lipinski definition) is 8. The van der Waals surface area contributed by atoms with Gasteiger partial charge in [-0.2, -0.15) is 10.1 Å². The summed E-state index contributed by atoms with van der Waals surface area (Å²) in [5, 5.41) is 5.97. The molecular weight excluding hydrogens is 504 g/mol. The lowest BCUT2D eigenvalue weighted by molar-refractivity contribution is -0.127. The molecule has 40 heavy (non-hydrogen) atoms. The number of anilines is 2. The second-order valence-electron chi connectivity index (χ2n) is 9.82. The van der Waals surface area contributed by atoms with E-state index >= 15 is 0 Å². The fraction of sp³-hybridized carbons (Fsp3) is 0.290. The molecule has 0 saturated heterocycles. The molecule has 3 aromatic rings. The maximum absolute atomic E-state index is 13.5. The molecule has 1 aromatic heterocycles. The van der Waals surface area contributed by atoms with Crippen LogP contribution in [0.2, 0.25) is 0 Å². The highest BCUT2D eigenvalue weighted by atomic mass is 16.5. The standard InChI is InChI=1S/C31H36N6O3/c1-6-9-25-24(30(32)36-31(33)35-25)16-20-15-21(29(40-5)27(17-20)39-4)12-13-28(38)37-26(14-19(2)3)23-11-8-7-10-22(23)18-34-37/h7-8,10-15,17-18,26H,6,9,16H2,1-5H3,(H4,32,33,35,36)/b13-12+. The molecule has 2 aromatic carbocycles. The summed E-state index contributed by atoms with van der Waals surface area (Å²) in [6, 6.07) is 11.5. The van der Waals surface area contributed by atoms with Crippen molar-refractivity contribution in [2.45, 2.75) is 46.1 Å². The molecule has 4 N–H and O–H groups in total. The molecule has 2 heterocycles. The second-order valence-corrected chi connectivity index (χ2v) is 9.82. The molecule has 9 nitrogen and oxygen atoms in total. The van der Waals surface area contributed by atoms with E-state index in [9.17, 15) is 4.79 Å². The van der Waals surface area contributed by atoms with Gasteiger partial charge in [-0.15, -0.1) is 0 Å². The monoisotopic (exact) mass is 540 g/mol. The molecule has 4 rings (SSSR count). The summed E-state index contributed by atoms with van der Waals surface area (Å²) in [6.07, 6.45) is 9.06. The smallest absolute Gasteiger partial charge is 0.267 e. The zero-order valence-electron chi connectivity index (χ0n) is 23.6. The number of aromatic nitrogens is 2. The van der Waals surface area contributed by atoms with Crippen LogP contribution in [0, 0.1) is 0 Å². The number of amides is 1. The molecule has 1 aliphatic heterocycles. The van der Waals surface area contributed by atoms with Gasteiger partial charge in [0.2, 0.25) is 5.95 Å². The zero-order chi connectivity index (χ0) is 28.8. The summed E-state index contributed by atoms with van der Waals surface area (Å²) >= 11 is 0. The number of methoxy groups -OCH3 is 2. The van der Waals surface area contributed by atoms with Crippen molar-refractivity contribution in [3.05, 3.63) is 87.6 Å². The Bertz CT molecular complexity index is 1490. The maximum atomic E-state index is 13.5. The molecule has 0 bridgehead atoms. The third-order valence-corrected chi connectivity index (χ3v) is 6.60. The number of hydrazone groups is 1. The van der Waals surface area contributed by atoms with E-state index in [4.69, 9.17) is 20.9 Å². The van der Waals surface area contributed by atoms with E-state index in [1.54, 1.807) is 26.5 Å². The fourth-order valence-electron chi connectivity index (χ4n) is 4.82. The van der Waals surface area contributed by atoms with Gasteiger partial charge in [-0.25, -0.2) is 9.99 Å². The number of benzene rings is 2. The number of carbonyl (C=O) groups excluding carboxylic acids is 1. The van der Waals surface area contributed by atoms with Gasteiger partial charge in [-0.05, 0) is 49.6 Å². The number of nitrogen functional groups attached to an aromatic ring is 2. The molecule has 1 amide bonds. The lowest BCUT2D eigenvalue weighted by Crippen LogP contribution is -2.31. The van der Waals surface area contributed by atoms with Crippen LogP contribution < -0.4 is 20.9 Å². The summed E-state index contributed by atoms with van der Waals surface area (Å²) in [5.41, 5.74) is 18.4. The second kappa shape index (κ2) is 12.5. The largest absolute Gasteiger partial charge is 0.493 e. The van der Waals surface area contributed by atoms with Gasteiger partial charge in [0.25, 0.3) is 5.91 Å². The first-order valence-corrected chi connectivity index (χ1v) is 13.2. The first kappa shape index (κ1) is 28.4. The van der Waals surface area contributed by atoms with E-state index in [-0.39, 0.29) is 17.9 Å². The minimum Gasteiger partial charge on any atom is -0.493 e. The Morgan fingerprint density at radius 1 is 1.10 bits per heavy atom. The first-order chi connectivity index (χ1) is 19.2. The Hall–Kier alpha value is -4.66. The van der Waals surface area contributed by atoms with Gasteiger partial charge in [0.05, 0.1) is 32.2 Å². The van der Waals surface area contributed by atoms with Gasteiger partial charge in [-0.3, -0.25) is 4.79 Å². The van der Waals surface area contributed by atoms with Crippen LogP contribution in [0.1, 0.15) is 66.7 Å². The minimum atomic E-state index is -0.309. The van der Waals surface area contributed by atoms with E-state index in [0.717, 1.165) is 46.4 Å². The topological polar surface area (TPSA) is 129 Å². The van der Waals surface area contributed by atoms with Gasteiger partial charge in [0.15, 0.2) is 11.5 Å². The van der Waals surface area contributed by atoms with Gasteiger partial charge in [-0.1, -0.05) is 49.3 Å². The number of aryl methyl sites for hydroxylation is 1. The average molecular weight is 541 g/mol. The molecule has 208 valence electrons. The average Bonchev–Trinajstić information content (AvgIpc) is 2.93. The van der Waals surface area contributed by atoms with Crippen molar-refractivity contribution in [1.82, 2.24) is 15.0 Å². The van der Waals surface area contributed by atoms with Crippen molar-refractivity contribution in [3.8, 4) is 11.5 Å². The van der Waals surface area contributed by atoms with Crippen LogP contribution >= 0.6 is 0 Å². The lowest BCUT2D eigenvalue weighted by Gasteiger charge is -2.29. The van der Waals surface area contributed by atoms with Crippen molar-refractivity contribution < 1.29 is 14.3 Å². The van der Waals surface area contributed by atoms with Crippen LogP contribution in [-0.2, 0) is 17.6 Å². The Kier molecular flexibility index (Phi) is 8.83. The molecule has 1 atom stereocenters. The Labute approximate surface area is 235 Å². The SMILES string of the molecule is CCCc1nc(N)nc(N)c1Cc1cc(/C=C/C(=O)N2N=Cc3ccccc3C2C=C(C)C)c(OC)c(OC)c1. The van der Waals surface area contributed by atoms with E-state index in [0.29, 0.717) is 29.3 Å². The Morgan fingerprint density at radius 3 is 2.58 bits per heavy atom. The van der Waals surface area contributed by atoms with Gasteiger partial charge in [0.1, 0.15) is 5.82 Å². The molecule has 0 fully saturated rings. The van der Waals surface area contributed by atoms with E-state index in [1.807, 2.05) is 56.3 Å². The number of carbonyl (C=O) groups is 1. The molecule has 0 saturated carbocycles. The van der Waals surface area contributed by atoms with Crippen LogP contribution in [0.4, 0.5) is 11.8 Å². The third-order valence-electron chi connectivity index (χ3n) is 6.60. The normalized spacial score (nSPS) is 14.2. The molecular formula is C31H36N6O3. The van der Waals surface area contributed by atoms with Crippen LogP contribution in [0.25, 0.3) is 6.08 Å². The molecule has 0 spiro atoms. The maximum Gasteiger partial charge on any atom is 0.267 e. The number of hydrogen-bond donors (Lipinski definition) is 2. The van der Waals surface area contributed by atoms with Crippen molar-refractivity contribution >= 4 is 30.0 Å². The highest BCUT2D eigenvalue weighted by molar-refractivity contribution is 5.95. The number of rotatable bonds is 9. The first-order valence-electron chi connectivity index (χ1n) is 13.2. The quantitative estimate of drug-likeness (QED) is 0.285. The van der Waals surface area contributed by atoms with Crippen LogP contribution in [0.5, 0.6) is 11.5 Å². The molecule has 0 radical (unpaired) electrons. The summed E-state index contributed by atoms with van der Waals surface area (Å²) in [6.45, 7) is 6.08. The predicted octanol–water partition coefficient (Wildman–Crippen LogP) is 5.10. The molecule has 0 aliphatic carbocycles. The van der Waals surface area contributed by atoms with Crippen molar-refractivity contribution in [2.75, 3.05) is 25.7 Å². The van der Waals surface area contributed by atoms with E-state index in [1.165, 1.54) is 11.1 Å². The Morgan fingerprint density at radius 2 is 1.88 bits per heavy atom. The number of ether oxygens (including phenoxy) is 2. The van der Waals surface area contributed by atoms with Crippen LogP contribution in [0.3, 0.4) is 0 Å². The van der Waals surface area contributed by atoms with Crippen molar-refractivity contribution in [1.29, 1.82) is 0 Å². The number of fused-ring (bicyclic) bond motifs is 1.